The largest absolute Gasteiger partial charge is 0.311 e. The fourth-order valence-electron chi connectivity index (χ4n) is 1.39. The fourth-order valence-corrected chi connectivity index (χ4v) is 1.62. The zero-order valence-corrected chi connectivity index (χ0v) is 9.93. The number of hydrogen-bond donors (Lipinski definition) is 1. The van der Waals surface area contributed by atoms with Crippen LogP contribution in [0.15, 0.2) is 0 Å². The van der Waals surface area contributed by atoms with Crippen LogP contribution in [0, 0.1) is 19.3 Å². The van der Waals surface area contributed by atoms with Crippen molar-refractivity contribution in [2.45, 2.75) is 26.3 Å². The highest BCUT2D eigenvalue weighted by molar-refractivity contribution is 6.31. The Balaban J connectivity index is 2.41. The first-order chi connectivity index (χ1) is 7.16. The molecule has 0 fully saturated rings. The minimum Gasteiger partial charge on any atom is -0.311 e. The topological polar surface area (TPSA) is 29.9 Å². The molecule has 3 nitrogen and oxygen atoms in total. The van der Waals surface area contributed by atoms with E-state index in [1.165, 1.54) is 0 Å². The fraction of sp³-hybridized carbons (Fsp3) is 0.545. The lowest BCUT2D eigenvalue weighted by Gasteiger charge is -2.04. The average Bonchev–Trinajstić information content (AvgIpc) is 2.44. The number of hydrogen-bond acceptors (Lipinski definition) is 2. The van der Waals surface area contributed by atoms with E-state index in [0.717, 1.165) is 42.3 Å². The van der Waals surface area contributed by atoms with E-state index in [4.69, 9.17) is 18.0 Å². The first-order valence-electron chi connectivity index (χ1n) is 4.99. The molecule has 0 amide bonds. The lowest BCUT2D eigenvalue weighted by atomic mass is 10.3. The molecule has 0 unspecified atom stereocenters. The summed E-state index contributed by atoms with van der Waals surface area (Å²) in [5.41, 5.74) is 1.90. The Labute approximate surface area is 95.8 Å². The molecular formula is C11H16ClN3. The predicted molar refractivity (Wildman–Crippen MR) is 62.7 cm³/mol. The van der Waals surface area contributed by atoms with Crippen molar-refractivity contribution in [2.75, 3.05) is 6.54 Å². The molecule has 1 heterocycles. The molecule has 0 aliphatic rings. The van der Waals surface area contributed by atoms with Crippen molar-refractivity contribution in [1.82, 2.24) is 15.1 Å². The number of halogens is 1. The van der Waals surface area contributed by atoms with E-state index in [0.29, 0.717) is 0 Å². The van der Waals surface area contributed by atoms with Crippen molar-refractivity contribution < 1.29 is 0 Å². The number of nitrogens with zero attached hydrogens (tertiary/aromatic N) is 2. The molecule has 0 aliphatic carbocycles. The Kier molecular flexibility index (Phi) is 4.67. The van der Waals surface area contributed by atoms with Gasteiger partial charge in [0.15, 0.2) is 0 Å². The van der Waals surface area contributed by atoms with E-state index < -0.39 is 0 Å². The zero-order valence-electron chi connectivity index (χ0n) is 9.18. The average molecular weight is 226 g/mol. The number of rotatable bonds is 5. The summed E-state index contributed by atoms with van der Waals surface area (Å²) in [6.45, 7) is 3.55. The first kappa shape index (κ1) is 12.1. The maximum Gasteiger partial charge on any atom is 0.0860 e. The van der Waals surface area contributed by atoms with Crippen molar-refractivity contribution in [1.29, 1.82) is 0 Å². The van der Waals surface area contributed by atoms with Crippen molar-refractivity contribution in [2.24, 2.45) is 7.05 Å². The molecule has 0 aliphatic heterocycles. The van der Waals surface area contributed by atoms with Crippen LogP contribution in [0.5, 0.6) is 0 Å². The summed E-state index contributed by atoms with van der Waals surface area (Å²) < 4.78 is 1.81. The molecule has 82 valence electrons. The Morgan fingerprint density at radius 2 is 2.33 bits per heavy atom. The highest BCUT2D eigenvalue weighted by atomic mass is 35.5. The summed E-state index contributed by atoms with van der Waals surface area (Å²) >= 11 is 6.10. The Morgan fingerprint density at radius 3 is 2.87 bits per heavy atom. The van der Waals surface area contributed by atoms with Gasteiger partial charge >= 0.3 is 0 Å². The summed E-state index contributed by atoms with van der Waals surface area (Å²) in [6.07, 6.45) is 6.96. The van der Waals surface area contributed by atoms with E-state index in [2.05, 4.69) is 16.3 Å². The monoisotopic (exact) mass is 225 g/mol. The lowest BCUT2D eigenvalue weighted by molar-refractivity contribution is 0.611. The van der Waals surface area contributed by atoms with Gasteiger partial charge in [0, 0.05) is 20.0 Å². The lowest BCUT2D eigenvalue weighted by Crippen LogP contribution is -2.17. The highest BCUT2D eigenvalue weighted by Gasteiger charge is 2.09. The number of nitrogens with one attached hydrogen (secondary N) is 1. The summed E-state index contributed by atoms with van der Waals surface area (Å²) in [4.78, 5) is 0. The molecule has 0 atom stereocenters. The molecule has 0 spiro atoms. The number of aromatic nitrogens is 2. The quantitative estimate of drug-likeness (QED) is 0.613. The molecule has 4 heteroatoms. The van der Waals surface area contributed by atoms with Crippen LogP contribution in [0.4, 0.5) is 0 Å². The van der Waals surface area contributed by atoms with Crippen molar-refractivity contribution in [3.8, 4) is 12.3 Å². The SMILES string of the molecule is C#CCCCNCc1c(Cl)c(C)nn1C. The minimum atomic E-state index is 0.737. The molecule has 1 aromatic heterocycles. The predicted octanol–water partition coefficient (Wildman–Crippen LogP) is 1.88. The Morgan fingerprint density at radius 1 is 1.60 bits per heavy atom. The van der Waals surface area contributed by atoms with Gasteiger partial charge in [0.05, 0.1) is 16.4 Å². The summed E-state index contributed by atoms with van der Waals surface area (Å²) in [5.74, 6) is 2.61. The van der Waals surface area contributed by atoms with Gasteiger partial charge in [-0.05, 0) is 19.9 Å². The molecule has 0 saturated heterocycles. The third kappa shape index (κ3) is 3.26. The van der Waals surface area contributed by atoms with Crippen molar-refractivity contribution in [3.05, 3.63) is 16.4 Å². The molecule has 0 radical (unpaired) electrons. The van der Waals surface area contributed by atoms with Crippen LogP contribution < -0.4 is 5.32 Å². The number of aryl methyl sites for hydroxylation is 2. The van der Waals surface area contributed by atoms with E-state index in [-0.39, 0.29) is 0 Å². The van der Waals surface area contributed by atoms with E-state index in [1.54, 1.807) is 0 Å². The maximum atomic E-state index is 6.10. The van der Waals surface area contributed by atoms with Crippen molar-refractivity contribution in [3.63, 3.8) is 0 Å². The summed E-state index contributed by atoms with van der Waals surface area (Å²) in [6, 6.07) is 0. The molecular weight excluding hydrogens is 210 g/mol. The molecule has 1 N–H and O–H groups in total. The van der Waals surface area contributed by atoms with Crippen LogP contribution in [0.2, 0.25) is 5.02 Å². The van der Waals surface area contributed by atoms with E-state index in [1.807, 2.05) is 18.7 Å². The van der Waals surface area contributed by atoms with Gasteiger partial charge in [-0.15, -0.1) is 12.3 Å². The van der Waals surface area contributed by atoms with Gasteiger partial charge in [-0.1, -0.05) is 11.6 Å². The van der Waals surface area contributed by atoms with Gasteiger partial charge in [0.1, 0.15) is 0 Å². The molecule has 1 rings (SSSR count). The third-order valence-electron chi connectivity index (χ3n) is 2.23. The van der Waals surface area contributed by atoms with Crippen LogP contribution in [-0.4, -0.2) is 16.3 Å². The normalized spacial score (nSPS) is 10.3. The summed E-state index contributed by atoms with van der Waals surface area (Å²) in [5, 5.41) is 8.28. The highest BCUT2D eigenvalue weighted by Crippen LogP contribution is 2.18. The molecule has 0 bridgehead atoms. The number of terminal acetylenes is 1. The van der Waals surface area contributed by atoms with Crippen LogP contribution in [-0.2, 0) is 13.6 Å². The second-order valence-electron chi connectivity index (χ2n) is 3.45. The van der Waals surface area contributed by atoms with Gasteiger partial charge in [-0.3, -0.25) is 4.68 Å². The third-order valence-corrected chi connectivity index (χ3v) is 2.72. The minimum absolute atomic E-state index is 0.737. The van der Waals surface area contributed by atoms with Crippen molar-refractivity contribution >= 4 is 11.6 Å². The van der Waals surface area contributed by atoms with Gasteiger partial charge in [-0.2, -0.15) is 5.10 Å². The van der Waals surface area contributed by atoms with Gasteiger partial charge < -0.3 is 5.32 Å². The molecule has 0 saturated carbocycles. The molecule has 0 aromatic carbocycles. The molecule has 1 aromatic rings. The van der Waals surface area contributed by atoms with Crippen LogP contribution >= 0.6 is 11.6 Å². The number of unbranched alkanes of at least 4 members (excludes halogenated alkanes) is 1. The zero-order chi connectivity index (χ0) is 11.3. The second kappa shape index (κ2) is 5.79. The summed E-state index contributed by atoms with van der Waals surface area (Å²) in [7, 11) is 1.90. The van der Waals surface area contributed by atoms with E-state index >= 15 is 0 Å². The molecule has 15 heavy (non-hydrogen) atoms. The Hall–Kier alpha value is -0.980. The van der Waals surface area contributed by atoms with Crippen LogP contribution in [0.3, 0.4) is 0 Å². The second-order valence-corrected chi connectivity index (χ2v) is 3.83. The standard InChI is InChI=1S/C11H16ClN3/c1-4-5-6-7-13-8-10-11(12)9(2)14-15(10)3/h1,13H,5-8H2,2-3H3. The van der Waals surface area contributed by atoms with Crippen LogP contribution in [0.25, 0.3) is 0 Å². The van der Waals surface area contributed by atoms with Crippen LogP contribution in [0.1, 0.15) is 24.2 Å². The first-order valence-corrected chi connectivity index (χ1v) is 5.36. The Bertz CT molecular complexity index is 363. The van der Waals surface area contributed by atoms with Gasteiger partial charge in [0.2, 0.25) is 0 Å². The van der Waals surface area contributed by atoms with Gasteiger partial charge in [-0.25, -0.2) is 0 Å². The van der Waals surface area contributed by atoms with E-state index in [9.17, 15) is 0 Å². The van der Waals surface area contributed by atoms with Gasteiger partial charge in [0.25, 0.3) is 0 Å². The maximum absolute atomic E-state index is 6.10. The smallest absolute Gasteiger partial charge is 0.0860 e.